The Morgan fingerprint density at radius 3 is 3.00 bits per heavy atom. The van der Waals surface area contributed by atoms with Gasteiger partial charge in [0.25, 0.3) is 0 Å². The molecule has 0 fully saturated rings. The van der Waals surface area contributed by atoms with Gasteiger partial charge in [-0.3, -0.25) is 4.98 Å². The summed E-state index contributed by atoms with van der Waals surface area (Å²) in [6.45, 7) is 1.90. The molecule has 0 bridgehead atoms. The number of nitrogens with one attached hydrogen (secondary N) is 1. The van der Waals surface area contributed by atoms with Crippen LogP contribution in [-0.2, 0) is 0 Å². The summed E-state index contributed by atoms with van der Waals surface area (Å²) in [5.74, 6) is 0. The van der Waals surface area contributed by atoms with Crippen LogP contribution in [0.4, 0.5) is 0 Å². The van der Waals surface area contributed by atoms with Gasteiger partial charge in [-0.1, -0.05) is 17.7 Å². The normalized spacial score (nSPS) is 16.8. The lowest BCUT2D eigenvalue weighted by atomic mass is 10.1. The maximum absolute atomic E-state index is 5.74. The smallest absolute Gasteiger partial charge is 0.148 e. The Bertz CT molecular complexity index is 335. The standard InChI is InChI=1S/C9H10ClN3/c10-9-6-12-5-8(13-9)7-2-1-3-11-4-7/h2,5-6,11H,1,3-4H2. The summed E-state index contributed by atoms with van der Waals surface area (Å²) in [4.78, 5) is 8.19. The van der Waals surface area contributed by atoms with Crippen molar-refractivity contribution in [2.75, 3.05) is 13.1 Å². The highest BCUT2D eigenvalue weighted by molar-refractivity contribution is 6.29. The topological polar surface area (TPSA) is 37.8 Å². The van der Waals surface area contributed by atoms with Crippen LogP contribution in [-0.4, -0.2) is 23.1 Å². The molecule has 0 radical (unpaired) electrons. The summed E-state index contributed by atoms with van der Waals surface area (Å²) in [6.07, 6.45) is 6.51. The van der Waals surface area contributed by atoms with Crippen molar-refractivity contribution in [1.82, 2.24) is 15.3 Å². The predicted octanol–water partition coefficient (Wildman–Crippen LogP) is 1.51. The Labute approximate surface area is 81.9 Å². The number of rotatable bonds is 1. The number of hydrogen-bond donors (Lipinski definition) is 1. The Balaban J connectivity index is 2.29. The van der Waals surface area contributed by atoms with E-state index >= 15 is 0 Å². The number of nitrogens with zero attached hydrogens (tertiary/aromatic N) is 2. The van der Waals surface area contributed by atoms with E-state index in [4.69, 9.17) is 11.6 Å². The van der Waals surface area contributed by atoms with Crippen LogP contribution in [0.1, 0.15) is 12.1 Å². The van der Waals surface area contributed by atoms with E-state index in [-0.39, 0.29) is 0 Å². The molecular formula is C9H10ClN3. The maximum atomic E-state index is 5.74. The molecule has 2 rings (SSSR count). The molecule has 0 aromatic carbocycles. The van der Waals surface area contributed by atoms with E-state index in [1.165, 1.54) is 5.57 Å². The van der Waals surface area contributed by atoms with Crippen molar-refractivity contribution in [3.63, 3.8) is 0 Å². The molecule has 2 heterocycles. The maximum Gasteiger partial charge on any atom is 0.148 e. The lowest BCUT2D eigenvalue weighted by Crippen LogP contribution is -2.21. The second-order valence-corrected chi connectivity index (χ2v) is 3.31. The highest BCUT2D eigenvalue weighted by Crippen LogP contribution is 2.14. The van der Waals surface area contributed by atoms with Crippen molar-refractivity contribution >= 4 is 17.2 Å². The minimum Gasteiger partial charge on any atom is -0.312 e. The van der Waals surface area contributed by atoms with Crippen LogP contribution < -0.4 is 5.32 Å². The highest BCUT2D eigenvalue weighted by Gasteiger charge is 2.07. The molecule has 0 spiro atoms. The molecule has 0 amide bonds. The van der Waals surface area contributed by atoms with Gasteiger partial charge in [0.1, 0.15) is 5.15 Å². The van der Waals surface area contributed by atoms with Gasteiger partial charge in [-0.25, -0.2) is 4.98 Å². The van der Waals surface area contributed by atoms with E-state index in [9.17, 15) is 0 Å². The fourth-order valence-corrected chi connectivity index (χ4v) is 1.48. The van der Waals surface area contributed by atoms with Crippen LogP contribution in [0, 0.1) is 0 Å². The third-order valence-electron chi connectivity index (χ3n) is 1.96. The molecule has 1 N–H and O–H groups in total. The van der Waals surface area contributed by atoms with Gasteiger partial charge in [-0.05, 0) is 18.5 Å². The van der Waals surface area contributed by atoms with Crippen LogP contribution in [0.2, 0.25) is 5.15 Å². The van der Waals surface area contributed by atoms with Crippen LogP contribution in [0.25, 0.3) is 5.57 Å². The minimum absolute atomic E-state index is 0.448. The van der Waals surface area contributed by atoms with Crippen molar-refractivity contribution in [2.45, 2.75) is 6.42 Å². The molecule has 0 unspecified atom stereocenters. The number of halogens is 1. The van der Waals surface area contributed by atoms with E-state index in [2.05, 4.69) is 21.4 Å². The summed E-state index contributed by atoms with van der Waals surface area (Å²) in [5.41, 5.74) is 2.06. The lowest BCUT2D eigenvalue weighted by Gasteiger charge is -2.12. The number of aromatic nitrogens is 2. The van der Waals surface area contributed by atoms with Crippen LogP contribution in [0.3, 0.4) is 0 Å². The van der Waals surface area contributed by atoms with Crippen molar-refractivity contribution in [3.8, 4) is 0 Å². The molecule has 1 aliphatic rings. The van der Waals surface area contributed by atoms with E-state index in [1.54, 1.807) is 12.4 Å². The molecule has 4 heteroatoms. The summed E-state index contributed by atoms with van der Waals surface area (Å²) in [7, 11) is 0. The molecule has 3 nitrogen and oxygen atoms in total. The molecule has 0 aliphatic carbocycles. The van der Waals surface area contributed by atoms with Crippen molar-refractivity contribution in [1.29, 1.82) is 0 Å². The molecule has 68 valence electrons. The minimum atomic E-state index is 0.448. The number of hydrogen-bond acceptors (Lipinski definition) is 3. The van der Waals surface area contributed by atoms with Gasteiger partial charge in [0.15, 0.2) is 0 Å². The fourth-order valence-electron chi connectivity index (χ4n) is 1.34. The van der Waals surface area contributed by atoms with Gasteiger partial charge >= 0.3 is 0 Å². The molecule has 13 heavy (non-hydrogen) atoms. The van der Waals surface area contributed by atoms with Gasteiger partial charge in [-0.2, -0.15) is 0 Å². The van der Waals surface area contributed by atoms with Crippen molar-refractivity contribution in [2.24, 2.45) is 0 Å². The predicted molar refractivity (Wildman–Crippen MR) is 52.5 cm³/mol. The molecule has 0 saturated heterocycles. The van der Waals surface area contributed by atoms with Crippen LogP contribution in [0.15, 0.2) is 18.5 Å². The first-order valence-corrected chi connectivity index (χ1v) is 4.62. The Morgan fingerprint density at radius 1 is 1.38 bits per heavy atom. The molecule has 0 saturated carbocycles. The zero-order valence-corrected chi connectivity index (χ0v) is 7.88. The molecule has 0 atom stereocenters. The molecule has 1 aromatic rings. The van der Waals surface area contributed by atoms with E-state index in [0.717, 1.165) is 25.2 Å². The second-order valence-electron chi connectivity index (χ2n) is 2.92. The van der Waals surface area contributed by atoms with Gasteiger partial charge in [-0.15, -0.1) is 0 Å². The Hall–Kier alpha value is -0.930. The quantitative estimate of drug-likeness (QED) is 0.738. The summed E-state index contributed by atoms with van der Waals surface area (Å²) in [6, 6.07) is 0. The van der Waals surface area contributed by atoms with Crippen LogP contribution >= 0.6 is 11.6 Å². The molecular weight excluding hydrogens is 186 g/mol. The Morgan fingerprint density at radius 2 is 2.31 bits per heavy atom. The second kappa shape index (κ2) is 3.85. The first kappa shape index (κ1) is 8.66. The SMILES string of the molecule is Clc1cncc(C2=CCCNC2)n1. The van der Waals surface area contributed by atoms with Gasteiger partial charge < -0.3 is 5.32 Å². The van der Waals surface area contributed by atoms with Crippen molar-refractivity contribution < 1.29 is 0 Å². The zero-order chi connectivity index (χ0) is 9.10. The third kappa shape index (κ3) is 2.05. The van der Waals surface area contributed by atoms with E-state index < -0.39 is 0 Å². The highest BCUT2D eigenvalue weighted by atomic mass is 35.5. The van der Waals surface area contributed by atoms with E-state index in [0.29, 0.717) is 5.15 Å². The van der Waals surface area contributed by atoms with Gasteiger partial charge in [0.2, 0.25) is 0 Å². The largest absolute Gasteiger partial charge is 0.312 e. The zero-order valence-electron chi connectivity index (χ0n) is 7.13. The summed E-state index contributed by atoms with van der Waals surface area (Å²) in [5, 5.41) is 3.72. The molecule has 1 aromatic heterocycles. The van der Waals surface area contributed by atoms with E-state index in [1.807, 2.05) is 0 Å². The van der Waals surface area contributed by atoms with Gasteiger partial charge in [0.05, 0.1) is 18.1 Å². The lowest BCUT2D eigenvalue weighted by molar-refractivity contribution is 0.737. The average molecular weight is 196 g/mol. The Kier molecular flexibility index (Phi) is 2.57. The average Bonchev–Trinajstić information content (AvgIpc) is 2.19. The molecule has 1 aliphatic heterocycles. The monoisotopic (exact) mass is 195 g/mol. The first-order valence-electron chi connectivity index (χ1n) is 4.24. The van der Waals surface area contributed by atoms with Gasteiger partial charge in [0, 0.05) is 6.54 Å². The van der Waals surface area contributed by atoms with Crippen LogP contribution in [0.5, 0.6) is 0 Å². The van der Waals surface area contributed by atoms with Crippen molar-refractivity contribution in [3.05, 3.63) is 29.3 Å². The summed E-state index contributed by atoms with van der Waals surface area (Å²) < 4.78 is 0. The third-order valence-corrected chi connectivity index (χ3v) is 2.14. The fraction of sp³-hybridized carbons (Fsp3) is 0.333. The first-order chi connectivity index (χ1) is 6.36. The summed E-state index contributed by atoms with van der Waals surface area (Å²) >= 11 is 5.74.